The molecular weight excluding hydrogens is 338 g/mol. The number of pyridine rings is 1. The lowest BCUT2D eigenvalue weighted by Gasteiger charge is -2.19. The highest BCUT2D eigenvalue weighted by Gasteiger charge is 2.16. The Kier molecular flexibility index (Phi) is 7.31. The lowest BCUT2D eigenvalue weighted by Crippen LogP contribution is -2.22. The van der Waals surface area contributed by atoms with Crippen molar-refractivity contribution in [1.82, 2.24) is 4.98 Å². The number of ether oxygens (including phenoxy) is 2. The molecule has 1 rings (SSSR count). The number of methoxy groups -OCH3 is 2. The van der Waals surface area contributed by atoms with Gasteiger partial charge in [-0.1, -0.05) is 6.92 Å². The monoisotopic (exact) mass is 357 g/mol. The molecule has 0 fully saturated rings. The van der Waals surface area contributed by atoms with Crippen molar-refractivity contribution >= 4 is 32.2 Å². The molecule has 0 aliphatic heterocycles. The van der Waals surface area contributed by atoms with Gasteiger partial charge in [-0.3, -0.25) is 5.41 Å². The molecule has 1 aromatic heterocycles. The van der Waals surface area contributed by atoms with E-state index in [1.807, 2.05) is 0 Å². The second-order valence-electron chi connectivity index (χ2n) is 4.43. The first-order valence-electron chi connectivity index (χ1n) is 6.62. The molecule has 0 amide bonds. The summed E-state index contributed by atoms with van der Waals surface area (Å²) in [5.41, 5.74) is 1.26. The minimum atomic E-state index is -0.525. The quantitative estimate of drug-likeness (QED) is 0.551. The summed E-state index contributed by atoms with van der Waals surface area (Å²) in [7, 11) is 2.96. The molecule has 1 heterocycles. The van der Waals surface area contributed by atoms with Gasteiger partial charge in [-0.15, -0.1) is 0 Å². The molecule has 1 atom stereocenters. The standard InChI is InChI=1S/C14H20BrN3O3/c1-4-9(7-8-20-2)17-10-5-6-11(14(19)21-3)18-12(10)13(15)16/h5-6,9,16-17H,4,7-8H2,1-3H3. The molecule has 2 N–H and O–H groups in total. The Balaban J connectivity index is 3.00. The number of halogens is 1. The van der Waals surface area contributed by atoms with E-state index in [4.69, 9.17) is 10.1 Å². The molecule has 1 aromatic rings. The molecule has 21 heavy (non-hydrogen) atoms. The summed E-state index contributed by atoms with van der Waals surface area (Å²) >= 11 is 3.11. The number of nitrogens with one attached hydrogen (secondary N) is 2. The first-order valence-corrected chi connectivity index (χ1v) is 7.42. The van der Waals surface area contributed by atoms with Crippen molar-refractivity contribution in [3.05, 3.63) is 23.5 Å². The van der Waals surface area contributed by atoms with Crippen LogP contribution in [0.4, 0.5) is 5.69 Å². The molecule has 0 radical (unpaired) electrons. The van der Waals surface area contributed by atoms with Crippen LogP contribution in [-0.4, -0.2) is 42.4 Å². The molecule has 116 valence electrons. The summed E-state index contributed by atoms with van der Waals surface area (Å²) in [5, 5.41) is 11.1. The molecule has 0 saturated heterocycles. The van der Waals surface area contributed by atoms with E-state index in [0.29, 0.717) is 18.0 Å². The van der Waals surface area contributed by atoms with Gasteiger partial charge < -0.3 is 14.8 Å². The van der Waals surface area contributed by atoms with Crippen LogP contribution in [0.25, 0.3) is 0 Å². The first-order chi connectivity index (χ1) is 10.0. The SMILES string of the molecule is CCC(CCOC)Nc1ccc(C(=O)OC)nc1C(=N)Br. The van der Waals surface area contributed by atoms with Crippen molar-refractivity contribution in [1.29, 1.82) is 5.41 Å². The van der Waals surface area contributed by atoms with E-state index in [1.165, 1.54) is 7.11 Å². The Hall–Kier alpha value is -1.47. The Morgan fingerprint density at radius 3 is 2.71 bits per heavy atom. The van der Waals surface area contributed by atoms with E-state index in [-0.39, 0.29) is 16.4 Å². The largest absolute Gasteiger partial charge is 0.464 e. The summed E-state index contributed by atoms with van der Waals surface area (Å²) in [5.74, 6) is -0.525. The van der Waals surface area contributed by atoms with Gasteiger partial charge in [0.25, 0.3) is 0 Å². The number of hydrogen-bond acceptors (Lipinski definition) is 6. The molecule has 0 aliphatic carbocycles. The molecule has 1 unspecified atom stereocenters. The molecular formula is C14H20BrN3O3. The molecule has 0 aromatic carbocycles. The van der Waals surface area contributed by atoms with Gasteiger partial charge in [-0.25, -0.2) is 9.78 Å². The van der Waals surface area contributed by atoms with Gasteiger partial charge in [0.1, 0.15) is 16.0 Å². The number of carbonyl (C=O) groups is 1. The molecule has 0 aliphatic rings. The maximum atomic E-state index is 11.5. The summed E-state index contributed by atoms with van der Waals surface area (Å²) in [6.45, 7) is 2.73. The lowest BCUT2D eigenvalue weighted by molar-refractivity contribution is 0.0594. The maximum absolute atomic E-state index is 11.5. The van der Waals surface area contributed by atoms with Crippen molar-refractivity contribution in [2.24, 2.45) is 0 Å². The summed E-state index contributed by atoms with van der Waals surface area (Å²) < 4.78 is 9.84. The van der Waals surface area contributed by atoms with Gasteiger partial charge >= 0.3 is 5.97 Å². The summed E-state index contributed by atoms with van der Waals surface area (Å²) in [6, 6.07) is 3.53. The van der Waals surface area contributed by atoms with Gasteiger partial charge in [0.15, 0.2) is 0 Å². The zero-order valence-corrected chi connectivity index (χ0v) is 14.0. The van der Waals surface area contributed by atoms with Crippen LogP contribution in [0.3, 0.4) is 0 Å². The van der Waals surface area contributed by atoms with Crippen LogP contribution in [-0.2, 0) is 9.47 Å². The highest BCUT2D eigenvalue weighted by molar-refractivity contribution is 9.18. The molecule has 0 bridgehead atoms. The predicted octanol–water partition coefficient (Wildman–Crippen LogP) is 2.82. The van der Waals surface area contributed by atoms with Crippen molar-refractivity contribution in [2.75, 3.05) is 26.1 Å². The first kappa shape index (κ1) is 17.6. The zero-order chi connectivity index (χ0) is 15.8. The highest BCUT2D eigenvalue weighted by atomic mass is 79.9. The van der Waals surface area contributed by atoms with Gasteiger partial charge in [-0.2, -0.15) is 0 Å². The van der Waals surface area contributed by atoms with Crippen LogP contribution in [0.15, 0.2) is 12.1 Å². The van der Waals surface area contributed by atoms with Crippen molar-refractivity contribution in [3.63, 3.8) is 0 Å². The Morgan fingerprint density at radius 1 is 1.48 bits per heavy atom. The van der Waals surface area contributed by atoms with Crippen LogP contribution in [0.5, 0.6) is 0 Å². The van der Waals surface area contributed by atoms with Crippen molar-refractivity contribution in [3.8, 4) is 0 Å². The lowest BCUT2D eigenvalue weighted by atomic mass is 10.1. The van der Waals surface area contributed by atoms with E-state index in [0.717, 1.165) is 12.8 Å². The molecule has 7 heteroatoms. The minimum Gasteiger partial charge on any atom is -0.464 e. The fraction of sp³-hybridized carbons (Fsp3) is 0.500. The topological polar surface area (TPSA) is 84.3 Å². The molecule has 0 spiro atoms. The van der Waals surface area contributed by atoms with Crippen LogP contribution in [0.2, 0.25) is 0 Å². The Bertz CT molecular complexity index is 508. The fourth-order valence-electron chi connectivity index (χ4n) is 1.82. The number of anilines is 1. The average molecular weight is 358 g/mol. The molecule has 6 nitrogen and oxygen atoms in total. The van der Waals surface area contributed by atoms with Crippen LogP contribution in [0, 0.1) is 5.41 Å². The number of carbonyl (C=O) groups excluding carboxylic acids is 1. The third-order valence-electron chi connectivity index (χ3n) is 3.02. The summed E-state index contributed by atoms with van der Waals surface area (Å²) in [4.78, 5) is 15.7. The zero-order valence-electron chi connectivity index (χ0n) is 12.4. The minimum absolute atomic E-state index is 0.109. The normalized spacial score (nSPS) is 11.8. The van der Waals surface area contributed by atoms with E-state index in [9.17, 15) is 4.79 Å². The second kappa shape index (κ2) is 8.74. The molecule has 0 saturated carbocycles. The predicted molar refractivity (Wildman–Crippen MR) is 85.5 cm³/mol. The Morgan fingerprint density at radius 2 is 2.19 bits per heavy atom. The van der Waals surface area contributed by atoms with E-state index < -0.39 is 5.97 Å². The van der Waals surface area contributed by atoms with E-state index in [1.54, 1.807) is 19.2 Å². The smallest absolute Gasteiger partial charge is 0.356 e. The average Bonchev–Trinajstić information content (AvgIpc) is 2.50. The number of nitrogens with zero attached hydrogens (tertiary/aromatic N) is 1. The third kappa shape index (κ3) is 5.09. The number of rotatable bonds is 8. The number of aromatic nitrogens is 1. The third-order valence-corrected chi connectivity index (χ3v) is 3.40. The maximum Gasteiger partial charge on any atom is 0.356 e. The highest BCUT2D eigenvalue weighted by Crippen LogP contribution is 2.20. The Labute approximate surface area is 132 Å². The fourth-order valence-corrected chi connectivity index (χ4v) is 2.12. The van der Waals surface area contributed by atoms with Crippen LogP contribution >= 0.6 is 15.9 Å². The van der Waals surface area contributed by atoms with Gasteiger partial charge in [0, 0.05) is 19.8 Å². The number of hydrogen-bond donors (Lipinski definition) is 2. The van der Waals surface area contributed by atoms with Gasteiger partial charge in [0.2, 0.25) is 0 Å². The number of esters is 1. The van der Waals surface area contributed by atoms with Crippen molar-refractivity contribution < 1.29 is 14.3 Å². The van der Waals surface area contributed by atoms with Gasteiger partial charge in [-0.05, 0) is 40.9 Å². The van der Waals surface area contributed by atoms with Crippen LogP contribution in [0.1, 0.15) is 35.9 Å². The summed E-state index contributed by atoms with van der Waals surface area (Å²) in [6.07, 6.45) is 1.76. The van der Waals surface area contributed by atoms with Crippen LogP contribution < -0.4 is 5.32 Å². The van der Waals surface area contributed by atoms with E-state index >= 15 is 0 Å². The van der Waals surface area contributed by atoms with Gasteiger partial charge in [0.05, 0.1) is 12.8 Å². The van der Waals surface area contributed by atoms with Crippen molar-refractivity contribution in [2.45, 2.75) is 25.8 Å². The second-order valence-corrected chi connectivity index (χ2v) is 5.22. The van der Waals surface area contributed by atoms with E-state index in [2.05, 4.69) is 37.9 Å².